The Balaban J connectivity index is 1.75. The largest absolute Gasteiger partial charge is 0.541 e. The van der Waals surface area contributed by atoms with Crippen molar-refractivity contribution in [2.24, 2.45) is 0 Å². The van der Waals surface area contributed by atoms with Crippen molar-refractivity contribution >= 4 is 13.4 Å². The first-order chi connectivity index (χ1) is 15.5. The Labute approximate surface area is 191 Å². The van der Waals surface area contributed by atoms with E-state index in [1.165, 1.54) is 12.8 Å². The molecule has 0 bridgehead atoms. The number of ether oxygens (including phenoxy) is 1. The van der Waals surface area contributed by atoms with Gasteiger partial charge in [-0.1, -0.05) is 67.6 Å². The molecule has 0 atom stereocenters. The minimum Gasteiger partial charge on any atom is -0.494 e. The highest BCUT2D eigenvalue weighted by Crippen LogP contribution is 2.48. The van der Waals surface area contributed by atoms with Gasteiger partial charge in [-0.15, -0.1) is 0 Å². The highest BCUT2D eigenvalue weighted by atomic mass is 31.2. The van der Waals surface area contributed by atoms with E-state index in [0.29, 0.717) is 29.5 Å². The third kappa shape index (κ3) is 7.65. The van der Waals surface area contributed by atoms with Gasteiger partial charge in [-0.05, 0) is 56.7 Å². The summed E-state index contributed by atoms with van der Waals surface area (Å²) in [5.74, 6) is 1.63. The van der Waals surface area contributed by atoms with Gasteiger partial charge in [-0.25, -0.2) is 4.57 Å². The second kappa shape index (κ2) is 11.6. The molecule has 3 aromatic rings. The quantitative estimate of drug-likeness (QED) is 0.223. The van der Waals surface area contributed by atoms with E-state index in [-0.39, 0.29) is 0 Å². The zero-order valence-electron chi connectivity index (χ0n) is 19.0. The Morgan fingerprint density at radius 2 is 1.34 bits per heavy atom. The number of aryl methyl sites for hydroxylation is 2. The Morgan fingerprint density at radius 1 is 0.750 bits per heavy atom. The first-order valence-corrected chi connectivity index (χ1v) is 12.6. The van der Waals surface area contributed by atoms with Crippen molar-refractivity contribution in [3.8, 4) is 17.2 Å². The van der Waals surface area contributed by atoms with Crippen LogP contribution in [0.5, 0.6) is 17.2 Å². The lowest BCUT2D eigenvalue weighted by molar-refractivity contribution is 0.305. The van der Waals surface area contributed by atoms with Crippen molar-refractivity contribution in [1.29, 1.82) is 0 Å². The van der Waals surface area contributed by atoms with E-state index in [9.17, 15) is 4.57 Å². The maximum absolute atomic E-state index is 13.7. The summed E-state index contributed by atoms with van der Waals surface area (Å²) in [7, 11) is -3.78. The van der Waals surface area contributed by atoms with Gasteiger partial charge in [0.2, 0.25) is 0 Å². The molecular weight excluding hydrogens is 421 g/mol. The first kappa shape index (κ1) is 23.7. The van der Waals surface area contributed by atoms with Crippen molar-refractivity contribution in [1.82, 2.24) is 0 Å². The monoisotopic (exact) mass is 453 g/mol. The molecule has 0 aliphatic carbocycles. The van der Waals surface area contributed by atoms with E-state index in [1.807, 2.05) is 62.4 Å². The minimum absolute atomic E-state index is 0.460. The molecule has 1 N–H and O–H groups in total. The molecule has 0 unspecified atom stereocenters. The highest BCUT2D eigenvalue weighted by molar-refractivity contribution is 7.56. The van der Waals surface area contributed by atoms with Crippen LogP contribution in [0.15, 0.2) is 72.8 Å². The van der Waals surface area contributed by atoms with Gasteiger partial charge in [0, 0.05) is 11.8 Å². The highest BCUT2D eigenvalue weighted by Gasteiger charge is 2.29. The zero-order chi connectivity index (χ0) is 22.8. The fraction of sp³-hybridized carbons (Fsp3) is 0.308. The van der Waals surface area contributed by atoms with Crippen LogP contribution in [-0.4, -0.2) is 6.61 Å². The summed E-state index contributed by atoms with van der Waals surface area (Å²) in [6.45, 7) is 6.81. The summed E-state index contributed by atoms with van der Waals surface area (Å²) >= 11 is 0. The van der Waals surface area contributed by atoms with Crippen LogP contribution in [-0.2, 0) is 4.57 Å². The van der Waals surface area contributed by atoms with Gasteiger partial charge < -0.3 is 13.8 Å². The maximum atomic E-state index is 13.7. The number of benzene rings is 3. The van der Waals surface area contributed by atoms with E-state index in [4.69, 9.17) is 13.8 Å². The minimum atomic E-state index is -3.78. The van der Waals surface area contributed by atoms with Crippen LogP contribution >= 0.6 is 7.75 Å². The van der Waals surface area contributed by atoms with Crippen LogP contribution in [0, 0.1) is 13.8 Å². The number of rotatable bonds is 12. The number of nitrogens with one attached hydrogen (secondary N) is 1. The standard InChI is InChI=1S/C26H32NO4P/c1-4-5-6-7-19-29-26-10-8-9-23(20-26)27-32(28,30-24-15-11-21(2)12-16-24)31-25-17-13-22(3)14-18-25/h8-18,20H,4-7,19H2,1-3H3,(H,27,28). The average Bonchev–Trinajstić information content (AvgIpc) is 2.77. The Hall–Kier alpha value is -2.91. The lowest BCUT2D eigenvalue weighted by atomic mass is 10.2. The molecule has 0 saturated heterocycles. The van der Waals surface area contributed by atoms with Gasteiger partial charge in [0.15, 0.2) is 0 Å². The van der Waals surface area contributed by atoms with Gasteiger partial charge in [-0.2, -0.15) is 0 Å². The van der Waals surface area contributed by atoms with Crippen molar-refractivity contribution in [3.05, 3.63) is 83.9 Å². The normalized spacial score (nSPS) is 11.1. The van der Waals surface area contributed by atoms with Crippen LogP contribution in [0.2, 0.25) is 0 Å². The van der Waals surface area contributed by atoms with Gasteiger partial charge in [0.1, 0.15) is 17.2 Å². The topological polar surface area (TPSA) is 56.8 Å². The molecule has 3 aromatic carbocycles. The van der Waals surface area contributed by atoms with Crippen LogP contribution in [0.1, 0.15) is 43.7 Å². The summed E-state index contributed by atoms with van der Waals surface area (Å²) in [5.41, 5.74) is 2.77. The lowest BCUT2D eigenvalue weighted by Gasteiger charge is -2.21. The summed E-state index contributed by atoms with van der Waals surface area (Å²) in [6.07, 6.45) is 4.56. The molecule has 0 spiro atoms. The molecule has 0 heterocycles. The summed E-state index contributed by atoms with van der Waals surface area (Å²) in [5, 5.41) is 2.96. The van der Waals surface area contributed by atoms with Gasteiger partial charge >= 0.3 is 7.75 Å². The Kier molecular flexibility index (Phi) is 8.64. The predicted octanol–water partition coefficient (Wildman–Crippen LogP) is 7.94. The summed E-state index contributed by atoms with van der Waals surface area (Å²) < 4.78 is 31.3. The van der Waals surface area contributed by atoms with Gasteiger partial charge in [0.25, 0.3) is 0 Å². The molecule has 0 fully saturated rings. The van der Waals surface area contributed by atoms with Crippen LogP contribution < -0.4 is 18.9 Å². The number of hydrogen-bond donors (Lipinski definition) is 1. The average molecular weight is 454 g/mol. The van der Waals surface area contributed by atoms with E-state index >= 15 is 0 Å². The third-order valence-electron chi connectivity index (χ3n) is 4.86. The zero-order valence-corrected chi connectivity index (χ0v) is 19.9. The van der Waals surface area contributed by atoms with Crippen LogP contribution in [0.4, 0.5) is 5.69 Å². The molecule has 0 amide bonds. The van der Waals surface area contributed by atoms with Gasteiger partial charge in [-0.3, -0.25) is 5.09 Å². The molecule has 0 saturated carbocycles. The number of hydrogen-bond acceptors (Lipinski definition) is 4. The van der Waals surface area contributed by atoms with Crippen molar-refractivity contribution in [3.63, 3.8) is 0 Å². The molecule has 6 heteroatoms. The Bertz CT molecular complexity index is 967. The number of anilines is 1. The van der Waals surface area contributed by atoms with Crippen LogP contribution in [0.25, 0.3) is 0 Å². The molecule has 170 valence electrons. The third-order valence-corrected chi connectivity index (χ3v) is 6.29. The molecule has 0 aliphatic rings. The summed E-state index contributed by atoms with van der Waals surface area (Å²) in [4.78, 5) is 0. The molecule has 0 aromatic heterocycles. The Morgan fingerprint density at radius 3 is 1.91 bits per heavy atom. The second-order valence-electron chi connectivity index (χ2n) is 7.85. The lowest BCUT2D eigenvalue weighted by Crippen LogP contribution is -2.10. The van der Waals surface area contributed by atoms with E-state index < -0.39 is 7.75 Å². The molecule has 0 aliphatic heterocycles. The van der Waals surface area contributed by atoms with Crippen molar-refractivity contribution < 1.29 is 18.3 Å². The smallest absolute Gasteiger partial charge is 0.494 e. The maximum Gasteiger partial charge on any atom is 0.541 e. The van der Waals surface area contributed by atoms with Gasteiger partial charge in [0.05, 0.1) is 6.61 Å². The van der Waals surface area contributed by atoms with Crippen LogP contribution in [0.3, 0.4) is 0 Å². The van der Waals surface area contributed by atoms with Crippen molar-refractivity contribution in [2.75, 3.05) is 11.7 Å². The fourth-order valence-electron chi connectivity index (χ4n) is 3.07. The molecule has 32 heavy (non-hydrogen) atoms. The SMILES string of the molecule is CCCCCCOc1cccc(NP(=O)(Oc2ccc(C)cc2)Oc2ccc(C)cc2)c1. The second-order valence-corrected chi connectivity index (χ2v) is 9.44. The predicted molar refractivity (Wildman–Crippen MR) is 131 cm³/mol. The van der Waals surface area contributed by atoms with E-state index in [2.05, 4.69) is 12.0 Å². The molecular formula is C26H32NO4P. The summed E-state index contributed by atoms with van der Waals surface area (Å²) in [6, 6.07) is 22.1. The molecule has 0 radical (unpaired) electrons. The van der Waals surface area contributed by atoms with E-state index in [1.54, 1.807) is 24.3 Å². The van der Waals surface area contributed by atoms with Crippen molar-refractivity contribution in [2.45, 2.75) is 46.5 Å². The first-order valence-electron chi connectivity index (χ1n) is 11.1. The van der Waals surface area contributed by atoms with E-state index in [0.717, 1.165) is 24.0 Å². The fourth-order valence-corrected chi connectivity index (χ4v) is 4.45. The number of unbranched alkanes of at least 4 members (excludes halogenated alkanes) is 3. The molecule has 3 rings (SSSR count). The molecule has 5 nitrogen and oxygen atoms in total.